The number of rotatable bonds is 4. The van der Waals surface area contributed by atoms with E-state index in [2.05, 4.69) is 0 Å². The van der Waals surface area contributed by atoms with E-state index in [9.17, 15) is 32.2 Å². The number of hydrogen-bond donors (Lipinski definition) is 2. The lowest BCUT2D eigenvalue weighted by atomic mass is 9.90. The summed E-state index contributed by atoms with van der Waals surface area (Å²) in [6, 6.07) is 2.76. The highest BCUT2D eigenvalue weighted by Crippen LogP contribution is 2.32. The number of β-amino-alcohol motifs (C(OH)–C–C–N with tert-alkyl or cyclic N) is 1. The third-order valence-electron chi connectivity index (χ3n) is 4.16. The number of nitrogens with zero attached hydrogens (tertiary/aromatic N) is 1. The minimum Gasteiger partial charge on any atom is -0.387 e. The zero-order valence-electron chi connectivity index (χ0n) is 12.2. The standard InChI is InChI=1S/C15H18F5NO2/c16-10-1-2-12(17)11(7-10)13(22)8-21-5-3-9(4-6-21)14(23)15(18,19)20/h1-2,7,9,13-14,22-23H,3-6,8H2. The first-order chi connectivity index (χ1) is 10.7. The quantitative estimate of drug-likeness (QED) is 0.829. The van der Waals surface area contributed by atoms with E-state index in [1.54, 1.807) is 4.90 Å². The number of piperidine rings is 1. The summed E-state index contributed by atoms with van der Waals surface area (Å²) < 4.78 is 64.1. The molecule has 2 rings (SSSR count). The van der Waals surface area contributed by atoms with Crippen LogP contribution in [0.25, 0.3) is 0 Å². The Labute approximate surface area is 130 Å². The molecule has 0 amide bonds. The van der Waals surface area contributed by atoms with Crippen molar-refractivity contribution in [2.45, 2.75) is 31.2 Å². The molecule has 130 valence electrons. The van der Waals surface area contributed by atoms with Crippen LogP contribution in [0, 0.1) is 17.6 Å². The first kappa shape index (κ1) is 18.1. The Morgan fingerprint density at radius 2 is 1.74 bits per heavy atom. The minimum absolute atomic E-state index is 0.00476. The molecule has 0 aromatic heterocycles. The van der Waals surface area contributed by atoms with Crippen molar-refractivity contribution in [2.24, 2.45) is 5.92 Å². The Bertz CT molecular complexity index is 529. The van der Waals surface area contributed by atoms with Gasteiger partial charge in [0.15, 0.2) is 6.10 Å². The highest BCUT2D eigenvalue weighted by Gasteiger charge is 2.44. The van der Waals surface area contributed by atoms with Crippen LogP contribution in [0.1, 0.15) is 24.5 Å². The summed E-state index contributed by atoms with van der Waals surface area (Å²) in [5, 5.41) is 19.2. The van der Waals surface area contributed by atoms with Gasteiger partial charge in [-0.05, 0) is 50.0 Å². The Morgan fingerprint density at radius 1 is 1.13 bits per heavy atom. The van der Waals surface area contributed by atoms with Gasteiger partial charge >= 0.3 is 6.18 Å². The molecule has 1 aromatic carbocycles. The van der Waals surface area contributed by atoms with Crippen molar-refractivity contribution in [1.82, 2.24) is 4.90 Å². The molecule has 3 nitrogen and oxygen atoms in total. The molecule has 1 saturated heterocycles. The van der Waals surface area contributed by atoms with Crippen LogP contribution >= 0.6 is 0 Å². The molecule has 1 aliphatic heterocycles. The fourth-order valence-corrected chi connectivity index (χ4v) is 2.83. The molecule has 2 atom stereocenters. The summed E-state index contributed by atoms with van der Waals surface area (Å²) in [6.07, 6.45) is -8.01. The molecule has 1 heterocycles. The molecule has 1 fully saturated rings. The summed E-state index contributed by atoms with van der Waals surface area (Å²) >= 11 is 0. The molecular formula is C15H18F5NO2. The second-order valence-corrected chi connectivity index (χ2v) is 5.81. The van der Waals surface area contributed by atoms with Crippen LogP contribution < -0.4 is 0 Å². The van der Waals surface area contributed by atoms with Crippen molar-refractivity contribution < 1.29 is 32.2 Å². The Hall–Kier alpha value is -1.25. The van der Waals surface area contributed by atoms with Crippen LogP contribution in [-0.4, -0.2) is 47.0 Å². The number of benzene rings is 1. The van der Waals surface area contributed by atoms with Crippen molar-refractivity contribution in [2.75, 3.05) is 19.6 Å². The summed E-state index contributed by atoms with van der Waals surface area (Å²) in [5.74, 6) is -2.29. The number of halogens is 5. The van der Waals surface area contributed by atoms with E-state index < -0.39 is 35.9 Å². The number of aliphatic hydroxyl groups excluding tert-OH is 2. The molecule has 1 aromatic rings. The summed E-state index contributed by atoms with van der Waals surface area (Å²) in [4.78, 5) is 1.68. The van der Waals surface area contributed by atoms with Gasteiger partial charge in [-0.25, -0.2) is 8.78 Å². The van der Waals surface area contributed by atoms with Crippen LogP contribution in [0.5, 0.6) is 0 Å². The normalized spacial score (nSPS) is 20.5. The van der Waals surface area contributed by atoms with Gasteiger partial charge in [0.25, 0.3) is 0 Å². The number of hydrogen-bond acceptors (Lipinski definition) is 3. The van der Waals surface area contributed by atoms with E-state index >= 15 is 0 Å². The predicted molar refractivity (Wildman–Crippen MR) is 72.5 cm³/mol. The van der Waals surface area contributed by atoms with E-state index in [0.29, 0.717) is 0 Å². The van der Waals surface area contributed by atoms with Crippen molar-refractivity contribution in [3.63, 3.8) is 0 Å². The molecule has 23 heavy (non-hydrogen) atoms. The molecule has 2 N–H and O–H groups in total. The summed E-state index contributed by atoms with van der Waals surface area (Å²) in [7, 11) is 0. The highest BCUT2D eigenvalue weighted by molar-refractivity contribution is 5.21. The van der Waals surface area contributed by atoms with Crippen LogP contribution in [0.2, 0.25) is 0 Å². The average molecular weight is 339 g/mol. The Balaban J connectivity index is 1.90. The number of likely N-dealkylation sites (tertiary alicyclic amines) is 1. The van der Waals surface area contributed by atoms with Crippen LogP contribution in [0.15, 0.2) is 18.2 Å². The zero-order valence-corrected chi connectivity index (χ0v) is 12.2. The average Bonchev–Trinajstić information content (AvgIpc) is 2.48. The third-order valence-corrected chi connectivity index (χ3v) is 4.16. The van der Waals surface area contributed by atoms with Crippen LogP contribution in [-0.2, 0) is 0 Å². The fraction of sp³-hybridized carbons (Fsp3) is 0.600. The minimum atomic E-state index is -4.64. The molecule has 8 heteroatoms. The monoisotopic (exact) mass is 339 g/mol. The van der Waals surface area contributed by atoms with Gasteiger partial charge in [0, 0.05) is 12.1 Å². The maximum atomic E-state index is 13.6. The second-order valence-electron chi connectivity index (χ2n) is 5.81. The van der Waals surface area contributed by atoms with Gasteiger partial charge in [0.2, 0.25) is 0 Å². The van der Waals surface area contributed by atoms with Crippen LogP contribution in [0.3, 0.4) is 0 Å². The van der Waals surface area contributed by atoms with Gasteiger partial charge in [-0.3, -0.25) is 0 Å². The van der Waals surface area contributed by atoms with E-state index in [0.717, 1.165) is 18.2 Å². The fourth-order valence-electron chi connectivity index (χ4n) is 2.83. The lowest BCUT2D eigenvalue weighted by Crippen LogP contribution is -2.44. The van der Waals surface area contributed by atoms with E-state index in [-0.39, 0.29) is 38.0 Å². The molecule has 1 aliphatic rings. The van der Waals surface area contributed by atoms with Crippen molar-refractivity contribution >= 4 is 0 Å². The Morgan fingerprint density at radius 3 is 2.30 bits per heavy atom. The van der Waals surface area contributed by atoms with E-state index in [4.69, 9.17) is 0 Å². The van der Waals surface area contributed by atoms with Gasteiger partial charge < -0.3 is 15.1 Å². The van der Waals surface area contributed by atoms with Gasteiger partial charge in [-0.2, -0.15) is 13.2 Å². The first-order valence-electron chi connectivity index (χ1n) is 7.28. The van der Waals surface area contributed by atoms with Crippen molar-refractivity contribution in [3.8, 4) is 0 Å². The topological polar surface area (TPSA) is 43.7 Å². The van der Waals surface area contributed by atoms with Gasteiger partial charge in [0.1, 0.15) is 11.6 Å². The van der Waals surface area contributed by atoms with Crippen LogP contribution in [0.4, 0.5) is 22.0 Å². The maximum absolute atomic E-state index is 13.6. The summed E-state index contributed by atoms with van der Waals surface area (Å²) in [5.41, 5.74) is -0.178. The maximum Gasteiger partial charge on any atom is 0.414 e. The molecular weight excluding hydrogens is 321 g/mol. The first-order valence-corrected chi connectivity index (χ1v) is 7.28. The largest absolute Gasteiger partial charge is 0.414 e. The van der Waals surface area contributed by atoms with Gasteiger partial charge in [-0.15, -0.1) is 0 Å². The van der Waals surface area contributed by atoms with E-state index in [1.165, 1.54) is 0 Å². The Kier molecular flexibility index (Phi) is 5.59. The number of aliphatic hydroxyl groups is 2. The molecule has 0 saturated carbocycles. The predicted octanol–water partition coefficient (Wildman–Crippen LogP) is 2.63. The van der Waals surface area contributed by atoms with Gasteiger partial charge in [-0.1, -0.05) is 0 Å². The summed E-state index contributed by atoms with van der Waals surface area (Å²) in [6.45, 7) is 0.479. The third kappa shape index (κ3) is 4.62. The molecule has 2 unspecified atom stereocenters. The second kappa shape index (κ2) is 7.11. The highest BCUT2D eigenvalue weighted by atomic mass is 19.4. The van der Waals surface area contributed by atoms with Gasteiger partial charge in [0.05, 0.1) is 6.10 Å². The zero-order chi connectivity index (χ0) is 17.2. The lowest BCUT2D eigenvalue weighted by Gasteiger charge is -2.35. The van der Waals surface area contributed by atoms with E-state index in [1.807, 2.05) is 0 Å². The SMILES string of the molecule is OC(CN1CCC(C(O)C(F)(F)F)CC1)c1cc(F)ccc1F. The molecule has 0 aliphatic carbocycles. The molecule has 0 spiro atoms. The molecule has 0 radical (unpaired) electrons. The molecule has 0 bridgehead atoms. The van der Waals surface area contributed by atoms with Crippen molar-refractivity contribution in [1.29, 1.82) is 0 Å². The van der Waals surface area contributed by atoms with Crippen molar-refractivity contribution in [3.05, 3.63) is 35.4 Å². The lowest BCUT2D eigenvalue weighted by molar-refractivity contribution is -0.223. The smallest absolute Gasteiger partial charge is 0.387 e. The number of alkyl halides is 3.